The van der Waals surface area contributed by atoms with E-state index in [1.165, 1.54) is 5.56 Å². The number of piperazine rings is 1. The highest BCUT2D eigenvalue weighted by Crippen LogP contribution is 2.16. The van der Waals surface area contributed by atoms with Crippen molar-refractivity contribution in [3.63, 3.8) is 0 Å². The number of nitrogens with zero attached hydrogens (tertiary/aromatic N) is 3. The van der Waals surface area contributed by atoms with Crippen molar-refractivity contribution in [3.8, 4) is 0 Å². The van der Waals surface area contributed by atoms with Gasteiger partial charge in [-0.25, -0.2) is 4.98 Å². The second-order valence-corrected chi connectivity index (χ2v) is 5.09. The van der Waals surface area contributed by atoms with E-state index in [1.54, 1.807) is 0 Å². The molecule has 0 saturated carbocycles. The summed E-state index contributed by atoms with van der Waals surface area (Å²) >= 11 is 0. The van der Waals surface area contributed by atoms with E-state index in [0.717, 1.165) is 45.9 Å². The van der Waals surface area contributed by atoms with Crippen LogP contribution in [-0.4, -0.2) is 60.2 Å². The van der Waals surface area contributed by atoms with Crippen LogP contribution in [0.2, 0.25) is 0 Å². The molecule has 5 heteroatoms. The number of nitrogens with two attached hydrogens (primary N) is 1. The van der Waals surface area contributed by atoms with Gasteiger partial charge < -0.3 is 10.5 Å². The molecule has 1 atom stereocenters. The average molecular weight is 248 g/mol. The van der Waals surface area contributed by atoms with Crippen LogP contribution < -0.4 is 5.73 Å². The lowest BCUT2D eigenvalue weighted by Crippen LogP contribution is -2.57. The van der Waals surface area contributed by atoms with E-state index in [1.807, 2.05) is 12.3 Å². The number of hydrogen-bond acceptors (Lipinski definition) is 5. The van der Waals surface area contributed by atoms with Gasteiger partial charge in [0.1, 0.15) is 5.82 Å². The zero-order valence-corrected chi connectivity index (χ0v) is 10.6. The Balaban J connectivity index is 1.59. The Morgan fingerprint density at radius 3 is 3.11 bits per heavy atom. The molecule has 1 aromatic heterocycles. The molecule has 18 heavy (non-hydrogen) atoms. The molecule has 2 fully saturated rings. The Morgan fingerprint density at radius 2 is 2.28 bits per heavy atom. The Labute approximate surface area is 108 Å². The largest absolute Gasteiger partial charge is 0.384 e. The molecule has 2 saturated heterocycles. The molecule has 0 radical (unpaired) electrons. The number of morpholine rings is 1. The van der Waals surface area contributed by atoms with Crippen LogP contribution in [-0.2, 0) is 11.3 Å². The second-order valence-electron chi connectivity index (χ2n) is 5.09. The molecule has 0 spiro atoms. The van der Waals surface area contributed by atoms with Crippen LogP contribution in [0, 0.1) is 0 Å². The predicted molar refractivity (Wildman–Crippen MR) is 70.1 cm³/mol. The van der Waals surface area contributed by atoms with E-state index in [-0.39, 0.29) is 0 Å². The smallest absolute Gasteiger partial charge is 0.123 e. The highest BCUT2D eigenvalue weighted by molar-refractivity contribution is 5.29. The molecule has 1 unspecified atom stereocenters. The van der Waals surface area contributed by atoms with Gasteiger partial charge in [-0.05, 0) is 11.6 Å². The molecule has 1 aromatic rings. The quantitative estimate of drug-likeness (QED) is 0.809. The summed E-state index contributed by atoms with van der Waals surface area (Å²) in [5.74, 6) is 0.587. The van der Waals surface area contributed by atoms with Crippen LogP contribution in [0.5, 0.6) is 0 Å². The highest BCUT2D eigenvalue weighted by atomic mass is 16.5. The van der Waals surface area contributed by atoms with E-state index in [9.17, 15) is 0 Å². The summed E-state index contributed by atoms with van der Waals surface area (Å²) in [4.78, 5) is 9.16. The van der Waals surface area contributed by atoms with Gasteiger partial charge in [0.25, 0.3) is 0 Å². The van der Waals surface area contributed by atoms with Crippen LogP contribution in [0.15, 0.2) is 18.3 Å². The summed E-state index contributed by atoms with van der Waals surface area (Å²) in [6, 6.07) is 4.50. The topological polar surface area (TPSA) is 54.6 Å². The molecule has 5 nitrogen and oxygen atoms in total. The molecule has 0 aliphatic carbocycles. The standard InChI is InChI=1S/C13H20N4O/c14-13-2-1-11(7-15-13)8-16-3-4-17-5-6-18-10-12(17)9-16/h1-2,7,12H,3-6,8-10H2,(H2,14,15). The molecular formula is C13H20N4O. The molecule has 98 valence electrons. The fraction of sp³-hybridized carbons (Fsp3) is 0.615. The third-order valence-electron chi connectivity index (χ3n) is 3.78. The van der Waals surface area contributed by atoms with Gasteiger partial charge in [0.05, 0.1) is 13.2 Å². The lowest BCUT2D eigenvalue weighted by molar-refractivity contribution is -0.0461. The summed E-state index contributed by atoms with van der Waals surface area (Å²) in [6.07, 6.45) is 1.87. The first kappa shape index (κ1) is 11.9. The lowest BCUT2D eigenvalue weighted by Gasteiger charge is -2.43. The number of anilines is 1. The van der Waals surface area contributed by atoms with Crippen molar-refractivity contribution >= 4 is 5.82 Å². The Kier molecular flexibility index (Phi) is 3.45. The maximum absolute atomic E-state index is 5.60. The third kappa shape index (κ3) is 2.63. The van der Waals surface area contributed by atoms with Crippen molar-refractivity contribution in [2.45, 2.75) is 12.6 Å². The average Bonchev–Trinajstić information content (AvgIpc) is 2.41. The molecule has 3 heterocycles. The monoisotopic (exact) mass is 248 g/mol. The van der Waals surface area contributed by atoms with Gasteiger partial charge >= 0.3 is 0 Å². The summed E-state index contributed by atoms with van der Waals surface area (Å²) in [5.41, 5.74) is 6.83. The van der Waals surface area contributed by atoms with Crippen molar-refractivity contribution in [1.29, 1.82) is 0 Å². The molecule has 0 bridgehead atoms. The minimum atomic E-state index is 0.564. The van der Waals surface area contributed by atoms with Crippen LogP contribution in [0.25, 0.3) is 0 Å². The summed E-state index contributed by atoms with van der Waals surface area (Å²) in [7, 11) is 0. The number of hydrogen-bond donors (Lipinski definition) is 1. The van der Waals surface area contributed by atoms with Crippen molar-refractivity contribution < 1.29 is 4.74 Å². The van der Waals surface area contributed by atoms with Gasteiger partial charge in [0.15, 0.2) is 0 Å². The van der Waals surface area contributed by atoms with Gasteiger partial charge in [-0.2, -0.15) is 0 Å². The summed E-state index contributed by atoms with van der Waals surface area (Å²) in [6.45, 7) is 7.16. The van der Waals surface area contributed by atoms with Gasteiger partial charge in [0.2, 0.25) is 0 Å². The molecule has 2 aliphatic heterocycles. The number of rotatable bonds is 2. The highest BCUT2D eigenvalue weighted by Gasteiger charge is 2.29. The SMILES string of the molecule is Nc1ccc(CN2CCN3CCOCC3C2)cn1. The zero-order valence-electron chi connectivity index (χ0n) is 10.6. The lowest BCUT2D eigenvalue weighted by atomic mass is 10.1. The van der Waals surface area contributed by atoms with E-state index in [0.29, 0.717) is 11.9 Å². The minimum absolute atomic E-state index is 0.564. The maximum Gasteiger partial charge on any atom is 0.123 e. The van der Waals surface area contributed by atoms with Crippen molar-refractivity contribution in [2.75, 3.05) is 45.1 Å². The Hall–Kier alpha value is -1.17. The van der Waals surface area contributed by atoms with Crippen molar-refractivity contribution in [1.82, 2.24) is 14.8 Å². The number of pyridine rings is 1. The number of nitrogen functional groups attached to an aromatic ring is 1. The zero-order chi connectivity index (χ0) is 12.4. The van der Waals surface area contributed by atoms with Crippen molar-refractivity contribution in [2.24, 2.45) is 0 Å². The van der Waals surface area contributed by atoms with E-state index in [4.69, 9.17) is 10.5 Å². The second kappa shape index (κ2) is 5.22. The van der Waals surface area contributed by atoms with E-state index < -0.39 is 0 Å². The van der Waals surface area contributed by atoms with Crippen LogP contribution >= 0.6 is 0 Å². The molecule has 2 aliphatic rings. The molecule has 3 rings (SSSR count). The van der Waals surface area contributed by atoms with E-state index in [2.05, 4.69) is 20.9 Å². The fourth-order valence-corrected chi connectivity index (χ4v) is 2.74. The summed E-state index contributed by atoms with van der Waals surface area (Å²) in [5, 5.41) is 0. The molecule has 0 amide bonds. The van der Waals surface area contributed by atoms with Crippen LogP contribution in [0.4, 0.5) is 5.82 Å². The first-order valence-corrected chi connectivity index (χ1v) is 6.56. The number of fused-ring (bicyclic) bond motifs is 1. The first-order valence-electron chi connectivity index (χ1n) is 6.56. The Morgan fingerprint density at radius 1 is 1.33 bits per heavy atom. The number of aromatic nitrogens is 1. The van der Waals surface area contributed by atoms with Crippen molar-refractivity contribution in [3.05, 3.63) is 23.9 Å². The van der Waals surface area contributed by atoms with Crippen LogP contribution in [0.3, 0.4) is 0 Å². The van der Waals surface area contributed by atoms with E-state index >= 15 is 0 Å². The van der Waals surface area contributed by atoms with Gasteiger partial charge in [-0.3, -0.25) is 9.80 Å². The molecular weight excluding hydrogens is 228 g/mol. The minimum Gasteiger partial charge on any atom is -0.384 e. The number of ether oxygens (including phenoxy) is 1. The van der Waals surface area contributed by atoms with Gasteiger partial charge in [-0.15, -0.1) is 0 Å². The predicted octanol–water partition coefficient (Wildman–Crippen LogP) is 0.180. The Bertz CT molecular complexity index is 394. The third-order valence-corrected chi connectivity index (χ3v) is 3.78. The molecule has 2 N–H and O–H groups in total. The van der Waals surface area contributed by atoms with Gasteiger partial charge in [0, 0.05) is 45.0 Å². The van der Waals surface area contributed by atoms with Gasteiger partial charge in [-0.1, -0.05) is 6.07 Å². The van der Waals surface area contributed by atoms with Crippen LogP contribution in [0.1, 0.15) is 5.56 Å². The first-order chi connectivity index (χ1) is 8.81. The fourth-order valence-electron chi connectivity index (χ4n) is 2.74. The normalized spacial score (nSPS) is 25.9. The molecule has 0 aromatic carbocycles. The summed E-state index contributed by atoms with van der Waals surface area (Å²) < 4.78 is 5.56. The maximum atomic E-state index is 5.60.